The van der Waals surface area contributed by atoms with Gasteiger partial charge in [0.1, 0.15) is 11.6 Å². The third-order valence-electron chi connectivity index (χ3n) is 2.48. The van der Waals surface area contributed by atoms with E-state index in [1.54, 1.807) is 6.07 Å². The molecular weight excluding hydrogens is 197 g/mol. The molecule has 1 aliphatic heterocycles. The molecule has 15 heavy (non-hydrogen) atoms. The molecule has 1 aromatic rings. The lowest BCUT2D eigenvalue weighted by Gasteiger charge is -2.35. The van der Waals surface area contributed by atoms with Gasteiger partial charge in [0.2, 0.25) is 5.79 Å². The molecule has 0 radical (unpaired) electrons. The minimum atomic E-state index is -0.681. The lowest BCUT2D eigenvalue weighted by Crippen LogP contribution is -2.40. The topological polar surface area (TPSA) is 44.5 Å². The highest BCUT2D eigenvalue weighted by molar-refractivity contribution is 5.34. The Labute approximate surface area is 88.0 Å². The molecule has 2 rings (SSSR count). The molecule has 4 heteroatoms. The highest BCUT2D eigenvalue weighted by Gasteiger charge is 2.31. The summed E-state index contributed by atoms with van der Waals surface area (Å²) in [5.41, 5.74) is 6.21. The maximum atomic E-state index is 12.9. The molecule has 0 spiro atoms. The average Bonchev–Trinajstić information content (AvgIpc) is 2.19. The number of fused-ring (bicyclic) bond motifs is 1. The van der Waals surface area contributed by atoms with E-state index in [0.29, 0.717) is 25.3 Å². The van der Waals surface area contributed by atoms with Crippen LogP contribution in [0, 0.1) is 5.82 Å². The van der Waals surface area contributed by atoms with E-state index < -0.39 is 5.79 Å². The van der Waals surface area contributed by atoms with Gasteiger partial charge in [-0.2, -0.15) is 0 Å². The van der Waals surface area contributed by atoms with Gasteiger partial charge in [-0.15, -0.1) is 0 Å². The standard InChI is InChI=1S/C11H14FNO2/c1-11(4-5-13)14-7-8-6-9(12)2-3-10(8)15-11/h2-3,6H,4-5,7,13H2,1H3. The van der Waals surface area contributed by atoms with Crippen molar-refractivity contribution in [3.63, 3.8) is 0 Å². The molecule has 0 saturated heterocycles. The van der Waals surface area contributed by atoms with Crippen molar-refractivity contribution in [2.45, 2.75) is 25.7 Å². The van der Waals surface area contributed by atoms with Crippen LogP contribution in [-0.4, -0.2) is 12.3 Å². The van der Waals surface area contributed by atoms with E-state index in [0.717, 1.165) is 5.56 Å². The highest BCUT2D eigenvalue weighted by atomic mass is 19.1. The van der Waals surface area contributed by atoms with Crippen LogP contribution in [0.5, 0.6) is 5.75 Å². The second-order valence-electron chi connectivity index (χ2n) is 3.82. The first-order chi connectivity index (χ1) is 7.13. The monoisotopic (exact) mass is 211 g/mol. The molecule has 2 N–H and O–H groups in total. The number of hydrogen-bond acceptors (Lipinski definition) is 3. The van der Waals surface area contributed by atoms with Crippen molar-refractivity contribution < 1.29 is 13.9 Å². The van der Waals surface area contributed by atoms with Crippen molar-refractivity contribution in [1.82, 2.24) is 0 Å². The molecule has 1 aromatic carbocycles. The van der Waals surface area contributed by atoms with Crippen LogP contribution in [0.1, 0.15) is 18.9 Å². The molecule has 1 atom stereocenters. The molecule has 82 valence electrons. The van der Waals surface area contributed by atoms with E-state index in [1.165, 1.54) is 12.1 Å². The summed E-state index contributed by atoms with van der Waals surface area (Å²) in [6.45, 7) is 2.70. The molecule has 0 amide bonds. The lowest BCUT2D eigenvalue weighted by molar-refractivity contribution is -0.195. The Morgan fingerprint density at radius 1 is 1.53 bits per heavy atom. The molecule has 1 unspecified atom stereocenters. The van der Waals surface area contributed by atoms with E-state index in [1.807, 2.05) is 6.92 Å². The van der Waals surface area contributed by atoms with Crippen LogP contribution in [0.15, 0.2) is 18.2 Å². The largest absolute Gasteiger partial charge is 0.462 e. The summed E-state index contributed by atoms with van der Waals surface area (Å²) in [4.78, 5) is 0. The normalized spacial score (nSPS) is 24.5. The molecular formula is C11H14FNO2. The molecule has 0 fully saturated rings. The average molecular weight is 211 g/mol. The van der Waals surface area contributed by atoms with Gasteiger partial charge in [-0.05, 0) is 24.7 Å². The Balaban J connectivity index is 2.23. The first-order valence-electron chi connectivity index (χ1n) is 4.94. The van der Waals surface area contributed by atoms with Gasteiger partial charge in [-0.3, -0.25) is 0 Å². The zero-order chi connectivity index (χ0) is 10.9. The molecule has 0 bridgehead atoms. The number of hydrogen-bond donors (Lipinski definition) is 1. The quantitative estimate of drug-likeness (QED) is 0.811. The van der Waals surface area contributed by atoms with Crippen molar-refractivity contribution in [3.05, 3.63) is 29.6 Å². The smallest absolute Gasteiger partial charge is 0.209 e. The predicted octanol–water partition coefficient (Wildman–Crippen LogP) is 1.80. The lowest BCUT2D eigenvalue weighted by atomic mass is 10.1. The van der Waals surface area contributed by atoms with Crippen LogP contribution in [0.4, 0.5) is 4.39 Å². The summed E-state index contributed by atoms with van der Waals surface area (Å²) in [6, 6.07) is 4.44. The minimum Gasteiger partial charge on any atom is -0.462 e. The summed E-state index contributed by atoms with van der Waals surface area (Å²) >= 11 is 0. The SMILES string of the molecule is CC1(CCN)OCc2cc(F)ccc2O1. The molecule has 0 saturated carbocycles. The Kier molecular flexibility index (Phi) is 2.63. The Hall–Kier alpha value is -1.13. The third-order valence-corrected chi connectivity index (χ3v) is 2.48. The van der Waals surface area contributed by atoms with Crippen molar-refractivity contribution in [3.8, 4) is 5.75 Å². The summed E-state index contributed by atoms with van der Waals surface area (Å²) in [6.07, 6.45) is 0.615. The van der Waals surface area contributed by atoms with Crippen LogP contribution in [0.3, 0.4) is 0 Å². The Bertz CT molecular complexity index is 370. The number of rotatable bonds is 2. The van der Waals surface area contributed by atoms with E-state index in [4.69, 9.17) is 15.2 Å². The van der Waals surface area contributed by atoms with Gasteiger partial charge in [0.25, 0.3) is 0 Å². The van der Waals surface area contributed by atoms with E-state index in [-0.39, 0.29) is 5.82 Å². The fourth-order valence-electron chi connectivity index (χ4n) is 1.64. The number of benzene rings is 1. The molecule has 0 aliphatic carbocycles. The molecule has 1 heterocycles. The van der Waals surface area contributed by atoms with Gasteiger partial charge in [0.15, 0.2) is 0 Å². The van der Waals surface area contributed by atoms with Crippen LogP contribution >= 0.6 is 0 Å². The summed E-state index contributed by atoms with van der Waals surface area (Å²) < 4.78 is 24.1. The molecule has 0 aromatic heterocycles. The number of halogens is 1. The van der Waals surface area contributed by atoms with Crippen molar-refractivity contribution in [1.29, 1.82) is 0 Å². The van der Waals surface area contributed by atoms with Gasteiger partial charge in [0, 0.05) is 18.9 Å². The summed E-state index contributed by atoms with van der Waals surface area (Å²) in [5, 5.41) is 0. The highest BCUT2D eigenvalue weighted by Crippen LogP contribution is 2.32. The van der Waals surface area contributed by atoms with E-state index in [2.05, 4.69) is 0 Å². The van der Waals surface area contributed by atoms with Crippen molar-refractivity contribution in [2.75, 3.05) is 6.54 Å². The fourth-order valence-corrected chi connectivity index (χ4v) is 1.64. The van der Waals surface area contributed by atoms with Crippen LogP contribution in [-0.2, 0) is 11.3 Å². The van der Waals surface area contributed by atoms with E-state index >= 15 is 0 Å². The van der Waals surface area contributed by atoms with E-state index in [9.17, 15) is 4.39 Å². The van der Waals surface area contributed by atoms with Gasteiger partial charge in [-0.25, -0.2) is 4.39 Å². The van der Waals surface area contributed by atoms with Crippen LogP contribution in [0.25, 0.3) is 0 Å². The maximum absolute atomic E-state index is 12.9. The summed E-state index contributed by atoms with van der Waals surface area (Å²) in [7, 11) is 0. The van der Waals surface area contributed by atoms with Gasteiger partial charge < -0.3 is 15.2 Å². The molecule has 1 aliphatic rings. The minimum absolute atomic E-state index is 0.275. The second kappa shape index (κ2) is 3.79. The zero-order valence-corrected chi connectivity index (χ0v) is 8.63. The van der Waals surface area contributed by atoms with Crippen LogP contribution < -0.4 is 10.5 Å². The number of ether oxygens (including phenoxy) is 2. The van der Waals surface area contributed by atoms with Gasteiger partial charge >= 0.3 is 0 Å². The maximum Gasteiger partial charge on any atom is 0.209 e. The third kappa shape index (κ3) is 2.11. The molecule has 3 nitrogen and oxygen atoms in total. The number of nitrogens with two attached hydrogens (primary N) is 1. The Morgan fingerprint density at radius 2 is 2.33 bits per heavy atom. The Morgan fingerprint density at radius 3 is 3.07 bits per heavy atom. The second-order valence-corrected chi connectivity index (χ2v) is 3.82. The predicted molar refractivity (Wildman–Crippen MR) is 53.9 cm³/mol. The van der Waals surface area contributed by atoms with Crippen molar-refractivity contribution in [2.24, 2.45) is 5.73 Å². The van der Waals surface area contributed by atoms with Gasteiger partial charge in [0.05, 0.1) is 6.61 Å². The zero-order valence-electron chi connectivity index (χ0n) is 8.63. The van der Waals surface area contributed by atoms with Crippen molar-refractivity contribution >= 4 is 0 Å². The van der Waals surface area contributed by atoms with Crippen LogP contribution in [0.2, 0.25) is 0 Å². The van der Waals surface area contributed by atoms with Gasteiger partial charge in [-0.1, -0.05) is 0 Å². The first kappa shape index (κ1) is 10.4. The first-order valence-corrected chi connectivity index (χ1v) is 4.94. The fraction of sp³-hybridized carbons (Fsp3) is 0.455. The summed E-state index contributed by atoms with van der Waals surface area (Å²) in [5.74, 6) is -0.276.